The van der Waals surface area contributed by atoms with E-state index in [-0.39, 0.29) is 21.3 Å². The van der Waals surface area contributed by atoms with Crippen molar-refractivity contribution in [2.45, 2.75) is 0 Å². The third kappa shape index (κ3) is 4.86. The Bertz CT molecular complexity index is 626. The molecule has 1 rings (SSSR count). The van der Waals surface area contributed by atoms with Crippen molar-refractivity contribution in [3.8, 4) is 0 Å². The fraction of sp³-hybridized carbons (Fsp3) is 0.182. The van der Waals surface area contributed by atoms with Crippen molar-refractivity contribution in [3.05, 3.63) is 37.9 Å². The van der Waals surface area contributed by atoms with E-state index >= 15 is 0 Å². The summed E-state index contributed by atoms with van der Waals surface area (Å²) in [4.78, 5) is 43.3. The Morgan fingerprint density at radius 1 is 1.14 bits per heavy atom. The minimum absolute atomic E-state index is 0.222. The molecular weight excluding hydrogens is 341 g/mol. The molecule has 0 unspecified atom stereocenters. The Kier molecular flexibility index (Phi) is 6.08. The first-order valence-corrected chi connectivity index (χ1v) is 6.38. The number of amides is 2. The van der Waals surface area contributed by atoms with Gasteiger partial charge in [0.05, 0.1) is 27.1 Å². The van der Waals surface area contributed by atoms with E-state index in [2.05, 4.69) is 5.32 Å². The van der Waals surface area contributed by atoms with Gasteiger partial charge in [-0.05, 0) is 0 Å². The van der Waals surface area contributed by atoms with Crippen molar-refractivity contribution in [1.29, 1.82) is 0 Å². The standard InChI is InChI=1S/C11H9Cl2N3O6/c12-6-1-5(16(21)22)2-7(13)10(6)11(20)15-3-8(17)14-4-9(18)19/h1-2H,3-4H2,(H,14,17)(H,15,20)(H,18,19). The van der Waals surface area contributed by atoms with Crippen LogP contribution in [-0.2, 0) is 9.59 Å². The van der Waals surface area contributed by atoms with E-state index in [0.717, 1.165) is 12.1 Å². The number of carboxylic acid groups (broad SMARTS) is 1. The zero-order valence-corrected chi connectivity index (χ0v) is 12.3. The second-order valence-electron chi connectivity index (χ2n) is 3.89. The van der Waals surface area contributed by atoms with E-state index in [0.29, 0.717) is 0 Å². The summed E-state index contributed by atoms with van der Waals surface area (Å²) in [6.07, 6.45) is 0. The van der Waals surface area contributed by atoms with Crippen LogP contribution in [0.25, 0.3) is 0 Å². The van der Waals surface area contributed by atoms with Crippen molar-refractivity contribution in [1.82, 2.24) is 10.6 Å². The van der Waals surface area contributed by atoms with Gasteiger partial charge in [-0.3, -0.25) is 24.5 Å². The van der Waals surface area contributed by atoms with Crippen LogP contribution in [-0.4, -0.2) is 40.9 Å². The third-order valence-corrected chi connectivity index (χ3v) is 2.91. The summed E-state index contributed by atoms with van der Waals surface area (Å²) in [6.45, 7) is -1.09. The van der Waals surface area contributed by atoms with Crippen LogP contribution < -0.4 is 10.6 Å². The predicted octanol–water partition coefficient (Wildman–Crippen LogP) is 0.832. The van der Waals surface area contributed by atoms with Crippen molar-refractivity contribution >= 4 is 46.7 Å². The Morgan fingerprint density at radius 2 is 1.68 bits per heavy atom. The van der Waals surface area contributed by atoms with E-state index in [1.54, 1.807) is 0 Å². The number of aliphatic carboxylic acids is 1. The molecule has 0 aliphatic heterocycles. The highest BCUT2D eigenvalue weighted by Gasteiger charge is 2.20. The van der Waals surface area contributed by atoms with Crippen molar-refractivity contribution in [2.75, 3.05) is 13.1 Å². The lowest BCUT2D eigenvalue weighted by atomic mass is 10.2. The maximum atomic E-state index is 11.9. The van der Waals surface area contributed by atoms with Gasteiger partial charge in [-0.1, -0.05) is 23.2 Å². The number of carboxylic acids is 1. The van der Waals surface area contributed by atoms with Crippen LogP contribution >= 0.6 is 23.2 Å². The Morgan fingerprint density at radius 3 is 2.14 bits per heavy atom. The van der Waals surface area contributed by atoms with Crippen molar-refractivity contribution in [3.63, 3.8) is 0 Å². The van der Waals surface area contributed by atoms with E-state index in [9.17, 15) is 24.5 Å². The molecule has 1 aromatic carbocycles. The minimum Gasteiger partial charge on any atom is -0.480 e. The van der Waals surface area contributed by atoms with Crippen LogP contribution in [0.1, 0.15) is 10.4 Å². The molecule has 0 saturated heterocycles. The van der Waals surface area contributed by atoms with Gasteiger partial charge in [0, 0.05) is 12.1 Å². The number of halogens is 2. The maximum Gasteiger partial charge on any atom is 0.322 e. The molecule has 0 saturated carbocycles. The molecule has 0 heterocycles. The van der Waals surface area contributed by atoms with Crippen LogP contribution in [0.2, 0.25) is 10.0 Å². The first-order valence-electron chi connectivity index (χ1n) is 5.62. The second kappa shape index (κ2) is 7.57. The molecular formula is C11H9Cl2N3O6. The number of nitro benzene ring substituents is 1. The number of nitrogens with zero attached hydrogens (tertiary/aromatic N) is 1. The first-order chi connectivity index (χ1) is 10.2. The summed E-state index contributed by atoms with van der Waals surface area (Å²) in [5.41, 5.74) is -0.606. The van der Waals surface area contributed by atoms with Crippen LogP contribution in [0.5, 0.6) is 0 Å². The molecule has 0 fully saturated rings. The van der Waals surface area contributed by atoms with Gasteiger partial charge in [0.25, 0.3) is 11.6 Å². The molecule has 0 bridgehead atoms. The number of hydrogen-bond acceptors (Lipinski definition) is 5. The monoisotopic (exact) mass is 349 g/mol. The predicted molar refractivity (Wildman–Crippen MR) is 76.1 cm³/mol. The normalized spacial score (nSPS) is 9.91. The minimum atomic E-state index is -1.24. The lowest BCUT2D eigenvalue weighted by Crippen LogP contribution is -2.39. The highest BCUT2D eigenvalue weighted by Crippen LogP contribution is 2.29. The summed E-state index contributed by atoms with van der Waals surface area (Å²) >= 11 is 11.5. The van der Waals surface area contributed by atoms with Gasteiger partial charge < -0.3 is 15.7 Å². The van der Waals surface area contributed by atoms with E-state index in [1.807, 2.05) is 5.32 Å². The SMILES string of the molecule is O=C(O)CNC(=O)CNC(=O)c1c(Cl)cc([N+](=O)[O-])cc1Cl. The Hall–Kier alpha value is -2.39. The number of hydrogen-bond donors (Lipinski definition) is 3. The van der Waals surface area contributed by atoms with Crippen LogP contribution in [0.4, 0.5) is 5.69 Å². The average Bonchev–Trinajstić information content (AvgIpc) is 2.41. The number of non-ortho nitro benzene ring substituents is 1. The first kappa shape index (κ1) is 17.7. The van der Waals surface area contributed by atoms with Gasteiger partial charge in [-0.2, -0.15) is 0 Å². The molecule has 0 atom stereocenters. The van der Waals surface area contributed by atoms with Crippen LogP contribution in [0.3, 0.4) is 0 Å². The highest BCUT2D eigenvalue weighted by molar-refractivity contribution is 6.40. The van der Waals surface area contributed by atoms with Gasteiger partial charge in [0.1, 0.15) is 6.54 Å². The summed E-state index contributed by atoms with van der Waals surface area (Å²) < 4.78 is 0. The van der Waals surface area contributed by atoms with Crippen molar-refractivity contribution < 1.29 is 24.4 Å². The van der Waals surface area contributed by atoms with Gasteiger partial charge in [-0.15, -0.1) is 0 Å². The lowest BCUT2D eigenvalue weighted by Gasteiger charge is -2.08. The second-order valence-corrected chi connectivity index (χ2v) is 4.71. The summed E-state index contributed by atoms with van der Waals surface area (Å²) in [5, 5.41) is 22.7. The fourth-order valence-electron chi connectivity index (χ4n) is 1.37. The lowest BCUT2D eigenvalue weighted by molar-refractivity contribution is -0.384. The molecule has 2 amide bonds. The number of carbonyl (C=O) groups excluding carboxylic acids is 2. The average molecular weight is 350 g/mol. The number of nitrogens with one attached hydrogen (secondary N) is 2. The molecule has 118 valence electrons. The third-order valence-electron chi connectivity index (χ3n) is 2.31. The summed E-state index contributed by atoms with van der Waals surface area (Å²) in [6, 6.07) is 1.90. The number of carbonyl (C=O) groups is 3. The van der Waals surface area contributed by atoms with E-state index in [1.165, 1.54) is 0 Å². The van der Waals surface area contributed by atoms with Gasteiger partial charge in [0.15, 0.2) is 0 Å². The number of rotatable bonds is 6. The molecule has 0 aliphatic rings. The van der Waals surface area contributed by atoms with E-state index in [4.69, 9.17) is 28.3 Å². The van der Waals surface area contributed by atoms with E-state index < -0.39 is 35.8 Å². The smallest absolute Gasteiger partial charge is 0.322 e. The molecule has 0 aromatic heterocycles. The molecule has 3 N–H and O–H groups in total. The van der Waals surface area contributed by atoms with Crippen LogP contribution in [0, 0.1) is 10.1 Å². The molecule has 0 aliphatic carbocycles. The number of benzene rings is 1. The topological polar surface area (TPSA) is 139 Å². The van der Waals surface area contributed by atoms with Gasteiger partial charge >= 0.3 is 5.97 Å². The summed E-state index contributed by atoms with van der Waals surface area (Å²) in [7, 11) is 0. The largest absolute Gasteiger partial charge is 0.480 e. The Labute approximate surface area is 133 Å². The highest BCUT2D eigenvalue weighted by atomic mass is 35.5. The molecule has 0 radical (unpaired) electrons. The zero-order chi connectivity index (χ0) is 16.9. The quantitative estimate of drug-likeness (QED) is 0.513. The molecule has 22 heavy (non-hydrogen) atoms. The number of nitro groups is 1. The molecule has 9 nitrogen and oxygen atoms in total. The van der Waals surface area contributed by atoms with Gasteiger partial charge in [0.2, 0.25) is 5.91 Å². The summed E-state index contributed by atoms with van der Waals surface area (Å²) in [5.74, 6) is -2.79. The van der Waals surface area contributed by atoms with Crippen LogP contribution in [0.15, 0.2) is 12.1 Å². The Balaban J connectivity index is 2.76. The molecule has 1 aromatic rings. The maximum absolute atomic E-state index is 11.9. The fourth-order valence-corrected chi connectivity index (χ4v) is 2.01. The van der Waals surface area contributed by atoms with Gasteiger partial charge in [-0.25, -0.2) is 0 Å². The molecule has 0 spiro atoms. The van der Waals surface area contributed by atoms with Crippen molar-refractivity contribution in [2.24, 2.45) is 0 Å². The molecule has 11 heteroatoms. The zero-order valence-electron chi connectivity index (χ0n) is 10.8.